The standard InChI is InChI=1S/C24H22N4O2/c1-16-13-17(2)28(27-16)15-18-7-9-20(10-8-18)24(30)26-25-14-22-21-6-4-3-5-19(21)11-12-23(22)29/h3-14,29H,15H2,1-2H3,(H,26,30). The number of amides is 1. The molecule has 0 radical (unpaired) electrons. The Kier molecular flexibility index (Phi) is 5.30. The lowest BCUT2D eigenvalue weighted by Crippen LogP contribution is -2.17. The van der Waals surface area contributed by atoms with Gasteiger partial charge in [0.2, 0.25) is 0 Å². The van der Waals surface area contributed by atoms with E-state index in [0.29, 0.717) is 17.7 Å². The molecule has 0 saturated heterocycles. The lowest BCUT2D eigenvalue weighted by atomic mass is 10.0. The van der Waals surface area contributed by atoms with Crippen LogP contribution in [0.1, 0.15) is 32.9 Å². The Morgan fingerprint density at radius 1 is 1.10 bits per heavy atom. The molecule has 150 valence electrons. The molecule has 0 spiro atoms. The van der Waals surface area contributed by atoms with Crippen LogP contribution in [0.4, 0.5) is 0 Å². The lowest BCUT2D eigenvalue weighted by Gasteiger charge is -2.06. The van der Waals surface area contributed by atoms with Crippen molar-refractivity contribution in [1.82, 2.24) is 15.2 Å². The second-order valence-corrected chi connectivity index (χ2v) is 7.20. The predicted octanol–water partition coefficient (Wildman–Crippen LogP) is 4.17. The molecule has 0 aliphatic carbocycles. The molecule has 6 nitrogen and oxygen atoms in total. The zero-order valence-corrected chi connectivity index (χ0v) is 16.8. The first-order chi connectivity index (χ1) is 14.5. The zero-order valence-electron chi connectivity index (χ0n) is 16.8. The molecular formula is C24H22N4O2. The van der Waals surface area contributed by atoms with Gasteiger partial charge in [-0.15, -0.1) is 0 Å². The number of carbonyl (C=O) groups is 1. The number of aromatic hydroxyl groups is 1. The Labute approximate surface area is 174 Å². The van der Waals surface area contributed by atoms with Crippen molar-refractivity contribution >= 4 is 22.9 Å². The number of rotatable bonds is 5. The summed E-state index contributed by atoms with van der Waals surface area (Å²) in [7, 11) is 0. The minimum absolute atomic E-state index is 0.111. The van der Waals surface area contributed by atoms with Crippen molar-refractivity contribution in [3.63, 3.8) is 0 Å². The third-order valence-corrected chi connectivity index (χ3v) is 4.96. The normalized spacial score (nSPS) is 11.3. The van der Waals surface area contributed by atoms with Crippen LogP contribution in [0.5, 0.6) is 5.75 Å². The fourth-order valence-corrected chi connectivity index (χ4v) is 3.41. The number of hydrazone groups is 1. The van der Waals surface area contributed by atoms with Crippen LogP contribution in [0, 0.1) is 13.8 Å². The Bertz CT molecular complexity index is 1240. The largest absolute Gasteiger partial charge is 0.507 e. The minimum atomic E-state index is -0.316. The molecule has 1 aromatic heterocycles. The van der Waals surface area contributed by atoms with Gasteiger partial charge in [-0.3, -0.25) is 9.48 Å². The Balaban J connectivity index is 1.44. The fourth-order valence-electron chi connectivity index (χ4n) is 3.41. The van der Waals surface area contributed by atoms with Crippen LogP contribution >= 0.6 is 0 Å². The molecule has 0 atom stereocenters. The number of aryl methyl sites for hydroxylation is 2. The minimum Gasteiger partial charge on any atom is -0.507 e. The van der Waals surface area contributed by atoms with Crippen LogP contribution in [0.2, 0.25) is 0 Å². The summed E-state index contributed by atoms with van der Waals surface area (Å²) < 4.78 is 1.94. The van der Waals surface area contributed by atoms with E-state index < -0.39 is 0 Å². The number of hydrogen-bond acceptors (Lipinski definition) is 4. The quantitative estimate of drug-likeness (QED) is 0.391. The molecule has 0 fully saturated rings. The van der Waals surface area contributed by atoms with Crippen LogP contribution in [0.15, 0.2) is 71.8 Å². The molecule has 2 N–H and O–H groups in total. The first-order valence-electron chi connectivity index (χ1n) is 9.65. The molecular weight excluding hydrogens is 376 g/mol. The first-order valence-corrected chi connectivity index (χ1v) is 9.65. The van der Waals surface area contributed by atoms with Gasteiger partial charge in [0.1, 0.15) is 5.75 Å². The molecule has 0 saturated carbocycles. The summed E-state index contributed by atoms with van der Waals surface area (Å²) in [4.78, 5) is 12.4. The third-order valence-electron chi connectivity index (χ3n) is 4.96. The summed E-state index contributed by atoms with van der Waals surface area (Å²) in [6, 6.07) is 20.5. The highest BCUT2D eigenvalue weighted by molar-refractivity contribution is 6.03. The van der Waals surface area contributed by atoms with Crippen LogP contribution in [0.25, 0.3) is 10.8 Å². The van der Waals surface area contributed by atoms with Gasteiger partial charge in [-0.2, -0.15) is 10.2 Å². The van der Waals surface area contributed by atoms with E-state index in [1.807, 2.05) is 67.1 Å². The predicted molar refractivity (Wildman–Crippen MR) is 118 cm³/mol. The highest BCUT2D eigenvalue weighted by Gasteiger charge is 2.07. The van der Waals surface area contributed by atoms with Crippen molar-refractivity contribution in [3.05, 3.63) is 94.8 Å². The molecule has 4 aromatic rings. The van der Waals surface area contributed by atoms with Gasteiger partial charge >= 0.3 is 0 Å². The summed E-state index contributed by atoms with van der Waals surface area (Å²) in [5.41, 5.74) is 6.73. The summed E-state index contributed by atoms with van der Waals surface area (Å²) in [6.07, 6.45) is 1.47. The third kappa shape index (κ3) is 4.07. The summed E-state index contributed by atoms with van der Waals surface area (Å²) >= 11 is 0. The average Bonchev–Trinajstić information content (AvgIpc) is 3.06. The van der Waals surface area contributed by atoms with E-state index in [1.165, 1.54) is 6.21 Å². The molecule has 1 amide bonds. The highest BCUT2D eigenvalue weighted by Crippen LogP contribution is 2.25. The molecule has 0 bridgehead atoms. The van der Waals surface area contributed by atoms with E-state index in [-0.39, 0.29) is 11.7 Å². The van der Waals surface area contributed by atoms with Gasteiger partial charge in [0.25, 0.3) is 5.91 Å². The summed E-state index contributed by atoms with van der Waals surface area (Å²) in [6.45, 7) is 4.64. The second-order valence-electron chi connectivity index (χ2n) is 7.20. The number of carbonyl (C=O) groups excluding carboxylic acids is 1. The maximum absolute atomic E-state index is 12.4. The van der Waals surface area contributed by atoms with Gasteiger partial charge in [-0.05, 0) is 54.4 Å². The van der Waals surface area contributed by atoms with E-state index in [4.69, 9.17) is 0 Å². The SMILES string of the molecule is Cc1cc(C)n(Cc2ccc(C(=O)NN=Cc3c(O)ccc4ccccc34)cc2)n1. The number of aromatic nitrogens is 2. The van der Waals surface area contributed by atoms with E-state index in [0.717, 1.165) is 27.7 Å². The van der Waals surface area contributed by atoms with Crippen molar-refractivity contribution < 1.29 is 9.90 Å². The Hall–Kier alpha value is -3.93. The van der Waals surface area contributed by atoms with E-state index >= 15 is 0 Å². The lowest BCUT2D eigenvalue weighted by molar-refractivity contribution is 0.0955. The average molecular weight is 398 g/mol. The van der Waals surface area contributed by atoms with Gasteiger partial charge in [-0.1, -0.05) is 42.5 Å². The van der Waals surface area contributed by atoms with Crippen molar-refractivity contribution in [2.45, 2.75) is 20.4 Å². The van der Waals surface area contributed by atoms with E-state index in [2.05, 4.69) is 15.6 Å². The highest BCUT2D eigenvalue weighted by atomic mass is 16.3. The molecule has 0 aliphatic rings. The Morgan fingerprint density at radius 3 is 2.60 bits per heavy atom. The molecule has 1 heterocycles. The number of benzene rings is 3. The Morgan fingerprint density at radius 2 is 1.87 bits per heavy atom. The van der Waals surface area contributed by atoms with E-state index in [1.54, 1.807) is 18.2 Å². The van der Waals surface area contributed by atoms with Gasteiger partial charge in [-0.25, -0.2) is 5.43 Å². The fraction of sp³-hybridized carbons (Fsp3) is 0.125. The van der Waals surface area contributed by atoms with Crippen molar-refractivity contribution in [1.29, 1.82) is 0 Å². The number of fused-ring (bicyclic) bond motifs is 1. The first kappa shape index (κ1) is 19.4. The smallest absolute Gasteiger partial charge is 0.271 e. The summed E-state index contributed by atoms with van der Waals surface area (Å²) in [5, 5.41) is 20.5. The van der Waals surface area contributed by atoms with Crippen LogP contribution in [-0.4, -0.2) is 27.0 Å². The van der Waals surface area contributed by atoms with Gasteiger partial charge in [0.05, 0.1) is 18.5 Å². The van der Waals surface area contributed by atoms with Gasteiger partial charge in [0, 0.05) is 16.8 Å². The van der Waals surface area contributed by atoms with Crippen molar-refractivity contribution in [2.24, 2.45) is 5.10 Å². The molecule has 30 heavy (non-hydrogen) atoms. The molecule has 3 aromatic carbocycles. The number of nitrogens with one attached hydrogen (secondary N) is 1. The molecule has 0 aliphatic heterocycles. The van der Waals surface area contributed by atoms with E-state index in [9.17, 15) is 9.90 Å². The maximum atomic E-state index is 12.4. The molecule has 6 heteroatoms. The number of phenols is 1. The number of hydrogen-bond donors (Lipinski definition) is 2. The van der Waals surface area contributed by atoms with Gasteiger partial charge in [0.15, 0.2) is 0 Å². The van der Waals surface area contributed by atoms with Crippen molar-refractivity contribution in [2.75, 3.05) is 0 Å². The maximum Gasteiger partial charge on any atom is 0.271 e. The van der Waals surface area contributed by atoms with Crippen LogP contribution in [-0.2, 0) is 6.54 Å². The topological polar surface area (TPSA) is 79.5 Å². The monoisotopic (exact) mass is 398 g/mol. The second kappa shape index (κ2) is 8.21. The molecule has 4 rings (SSSR count). The summed E-state index contributed by atoms with van der Waals surface area (Å²) in [5.74, 6) is -0.205. The van der Waals surface area contributed by atoms with Crippen LogP contribution < -0.4 is 5.43 Å². The van der Waals surface area contributed by atoms with Gasteiger partial charge < -0.3 is 5.11 Å². The number of nitrogens with zero attached hydrogens (tertiary/aromatic N) is 3. The zero-order chi connectivity index (χ0) is 21.1. The molecule has 0 unspecified atom stereocenters. The van der Waals surface area contributed by atoms with Crippen molar-refractivity contribution in [3.8, 4) is 5.75 Å². The number of phenolic OH excluding ortho intramolecular Hbond substituents is 1. The van der Waals surface area contributed by atoms with Crippen LogP contribution in [0.3, 0.4) is 0 Å².